The zero-order chi connectivity index (χ0) is 13.3. The molecule has 0 radical (unpaired) electrons. The predicted octanol–water partition coefficient (Wildman–Crippen LogP) is 3.88. The van der Waals surface area contributed by atoms with Crippen molar-refractivity contribution in [3.63, 3.8) is 0 Å². The molecule has 2 aromatic carbocycles. The number of hydrogen-bond acceptors (Lipinski definition) is 1. The molecule has 0 saturated carbocycles. The minimum Gasteiger partial charge on any atom is -0.255 e. The van der Waals surface area contributed by atoms with Crippen molar-refractivity contribution in [3.8, 4) is 11.1 Å². The van der Waals surface area contributed by atoms with E-state index in [9.17, 15) is 22.4 Å². The molecule has 92 valence electrons. The Morgan fingerprint density at radius 3 is 1.78 bits per heavy atom. The Labute approximate surface area is 99.7 Å². The Bertz CT molecular complexity index is 582. The van der Waals surface area contributed by atoms with Crippen molar-refractivity contribution in [1.29, 1.82) is 0 Å². The molecule has 0 unspecified atom stereocenters. The van der Waals surface area contributed by atoms with Crippen molar-refractivity contribution in [3.05, 3.63) is 59.4 Å². The van der Waals surface area contributed by atoms with Gasteiger partial charge in [0.15, 0.2) is 17.5 Å². The van der Waals surface area contributed by atoms with E-state index in [-0.39, 0.29) is 11.1 Å². The zero-order valence-electron chi connectivity index (χ0n) is 8.88. The van der Waals surface area contributed by atoms with Crippen molar-refractivity contribution >= 4 is 6.04 Å². The van der Waals surface area contributed by atoms with Crippen LogP contribution < -0.4 is 0 Å². The van der Waals surface area contributed by atoms with Gasteiger partial charge in [-0.2, -0.15) is 4.39 Å². The highest BCUT2D eigenvalue weighted by Gasteiger charge is 2.12. The van der Waals surface area contributed by atoms with Gasteiger partial charge in [-0.1, -0.05) is 12.1 Å². The van der Waals surface area contributed by atoms with Crippen LogP contribution >= 0.6 is 0 Å². The Morgan fingerprint density at radius 2 is 1.33 bits per heavy atom. The molecule has 0 aromatic heterocycles. The molecule has 0 spiro atoms. The third-order valence-electron chi connectivity index (χ3n) is 2.43. The Kier molecular flexibility index (Phi) is 3.14. The van der Waals surface area contributed by atoms with Crippen molar-refractivity contribution in [1.82, 2.24) is 0 Å². The first kappa shape index (κ1) is 12.3. The van der Waals surface area contributed by atoms with E-state index in [2.05, 4.69) is 0 Å². The van der Waals surface area contributed by atoms with E-state index in [1.54, 1.807) is 0 Å². The second-order valence-electron chi connectivity index (χ2n) is 3.60. The van der Waals surface area contributed by atoms with Gasteiger partial charge in [-0.05, 0) is 35.4 Å². The van der Waals surface area contributed by atoms with Gasteiger partial charge < -0.3 is 0 Å². The summed E-state index contributed by atoms with van der Waals surface area (Å²) in [5.74, 6) is -4.17. The van der Waals surface area contributed by atoms with Gasteiger partial charge in [-0.3, -0.25) is 4.79 Å². The number of hydrogen-bond donors (Lipinski definition) is 0. The van der Waals surface area contributed by atoms with Crippen LogP contribution in [0.4, 0.5) is 17.6 Å². The number of benzene rings is 2. The third-order valence-corrected chi connectivity index (χ3v) is 2.43. The predicted molar refractivity (Wildman–Crippen MR) is 57.2 cm³/mol. The maximum atomic E-state index is 13.0. The first-order valence-electron chi connectivity index (χ1n) is 4.94. The maximum Gasteiger partial charge on any atom is 0.332 e. The minimum absolute atomic E-state index is 0.101. The van der Waals surface area contributed by atoms with Crippen LogP contribution in [0, 0.1) is 17.5 Å². The fourth-order valence-electron chi connectivity index (χ4n) is 1.52. The average molecular weight is 254 g/mol. The van der Waals surface area contributed by atoms with E-state index >= 15 is 0 Å². The lowest BCUT2D eigenvalue weighted by atomic mass is 10.0. The van der Waals surface area contributed by atoms with E-state index in [4.69, 9.17) is 0 Å². The summed E-state index contributed by atoms with van der Waals surface area (Å²) in [5.41, 5.74) is 0.281. The summed E-state index contributed by atoms with van der Waals surface area (Å²) in [7, 11) is 0. The number of halogens is 4. The second-order valence-corrected chi connectivity index (χ2v) is 3.60. The molecule has 0 aliphatic rings. The van der Waals surface area contributed by atoms with Crippen LogP contribution in [0.3, 0.4) is 0 Å². The van der Waals surface area contributed by atoms with Crippen LogP contribution in [0.1, 0.15) is 10.4 Å². The van der Waals surface area contributed by atoms with Crippen LogP contribution in [0.5, 0.6) is 0 Å². The van der Waals surface area contributed by atoms with E-state index in [0.717, 1.165) is 12.1 Å². The fraction of sp³-hybridized carbons (Fsp3) is 0. The molecule has 0 fully saturated rings. The van der Waals surface area contributed by atoms with E-state index < -0.39 is 23.5 Å². The summed E-state index contributed by atoms with van der Waals surface area (Å²) in [4.78, 5) is 10.4. The van der Waals surface area contributed by atoms with Crippen LogP contribution in [0.15, 0.2) is 36.4 Å². The van der Waals surface area contributed by atoms with Crippen LogP contribution in [-0.4, -0.2) is 6.04 Å². The van der Waals surface area contributed by atoms with Gasteiger partial charge in [0.1, 0.15) is 0 Å². The van der Waals surface area contributed by atoms with Crippen LogP contribution in [0.25, 0.3) is 11.1 Å². The summed E-state index contributed by atoms with van der Waals surface area (Å²) < 4.78 is 51.1. The molecule has 5 heteroatoms. The summed E-state index contributed by atoms with van der Waals surface area (Å²) in [6, 6.07) is 5.04. The van der Waals surface area contributed by atoms with Gasteiger partial charge in [0.25, 0.3) is 0 Å². The van der Waals surface area contributed by atoms with E-state index in [0.29, 0.717) is 5.56 Å². The number of carbonyl (C=O) groups excluding carboxylic acids is 1. The van der Waals surface area contributed by atoms with Crippen molar-refractivity contribution < 1.29 is 22.4 Å². The molecule has 0 atom stereocenters. The lowest BCUT2D eigenvalue weighted by Crippen LogP contribution is -1.93. The maximum absolute atomic E-state index is 13.0. The lowest BCUT2D eigenvalue weighted by molar-refractivity contribution is 0.0836. The van der Waals surface area contributed by atoms with Gasteiger partial charge >= 0.3 is 6.04 Å². The van der Waals surface area contributed by atoms with E-state index in [1.165, 1.54) is 24.3 Å². The summed E-state index contributed by atoms with van der Waals surface area (Å²) in [5, 5.41) is 0. The smallest absolute Gasteiger partial charge is 0.255 e. The normalized spacial score (nSPS) is 10.4. The van der Waals surface area contributed by atoms with Crippen LogP contribution in [-0.2, 0) is 0 Å². The van der Waals surface area contributed by atoms with Gasteiger partial charge in [0.05, 0.1) is 5.56 Å². The van der Waals surface area contributed by atoms with Gasteiger partial charge in [-0.15, -0.1) is 0 Å². The minimum atomic E-state index is -1.60. The molecule has 0 aliphatic heterocycles. The van der Waals surface area contributed by atoms with Crippen molar-refractivity contribution in [2.45, 2.75) is 0 Å². The zero-order valence-corrected chi connectivity index (χ0v) is 8.88. The second kappa shape index (κ2) is 4.60. The fourth-order valence-corrected chi connectivity index (χ4v) is 1.52. The number of carbonyl (C=O) groups is 1. The average Bonchev–Trinajstić information content (AvgIpc) is 2.35. The molecule has 18 heavy (non-hydrogen) atoms. The van der Waals surface area contributed by atoms with Crippen LogP contribution in [0.2, 0.25) is 0 Å². The Balaban J connectivity index is 2.46. The van der Waals surface area contributed by atoms with Gasteiger partial charge in [-0.25, -0.2) is 13.2 Å². The van der Waals surface area contributed by atoms with Crippen molar-refractivity contribution in [2.75, 3.05) is 0 Å². The molecule has 0 saturated heterocycles. The summed E-state index contributed by atoms with van der Waals surface area (Å²) in [6.45, 7) is 0. The highest BCUT2D eigenvalue weighted by Crippen LogP contribution is 2.24. The topological polar surface area (TPSA) is 17.1 Å². The molecular weight excluding hydrogens is 248 g/mol. The largest absolute Gasteiger partial charge is 0.332 e. The Hall–Kier alpha value is -2.17. The summed E-state index contributed by atoms with van der Waals surface area (Å²) in [6.07, 6.45) is 0. The lowest BCUT2D eigenvalue weighted by Gasteiger charge is -2.04. The third kappa shape index (κ3) is 2.25. The highest BCUT2D eigenvalue weighted by atomic mass is 19.2. The molecule has 2 rings (SSSR count). The standard InChI is InChI=1S/C13H6F4O/c14-10-5-9(6-11(15)12(10)16)7-1-3-8(4-2-7)13(17)18/h1-6H. The van der Waals surface area contributed by atoms with Gasteiger partial charge in [0.2, 0.25) is 0 Å². The van der Waals surface area contributed by atoms with Crippen molar-refractivity contribution in [2.24, 2.45) is 0 Å². The van der Waals surface area contributed by atoms with E-state index in [1.807, 2.05) is 0 Å². The molecule has 0 amide bonds. The monoisotopic (exact) mass is 254 g/mol. The molecule has 1 nitrogen and oxygen atoms in total. The summed E-state index contributed by atoms with van der Waals surface area (Å²) >= 11 is 0. The first-order valence-corrected chi connectivity index (χ1v) is 4.94. The molecule has 2 aromatic rings. The quantitative estimate of drug-likeness (QED) is 0.451. The van der Waals surface area contributed by atoms with Gasteiger partial charge in [0, 0.05) is 0 Å². The highest BCUT2D eigenvalue weighted by molar-refractivity contribution is 5.89. The Morgan fingerprint density at radius 1 is 0.833 bits per heavy atom. The molecular formula is C13H6F4O. The molecule has 0 N–H and O–H groups in total. The SMILES string of the molecule is O=C(F)c1ccc(-c2cc(F)c(F)c(F)c2)cc1. The first-order chi connectivity index (χ1) is 8.49. The molecule has 0 aliphatic carbocycles. The molecule has 0 heterocycles. The molecule has 0 bridgehead atoms. The number of rotatable bonds is 2.